The number of unbranched alkanes of at least 4 members (excludes halogenated alkanes) is 10. The normalized spacial score (nSPS) is 15.1. The predicted molar refractivity (Wildman–Crippen MR) is 175 cm³/mol. The number of benzene rings is 1. The van der Waals surface area contributed by atoms with Gasteiger partial charge in [-0.15, -0.1) is 6.58 Å². The van der Waals surface area contributed by atoms with E-state index in [0.29, 0.717) is 6.42 Å². The van der Waals surface area contributed by atoms with Gasteiger partial charge in [0.1, 0.15) is 11.7 Å². The summed E-state index contributed by atoms with van der Waals surface area (Å²) in [5.74, 6) is -1.07. The number of esters is 1. The fourth-order valence-corrected chi connectivity index (χ4v) is 5.00. The predicted octanol–water partition coefficient (Wildman–Crippen LogP) is 8.53. The lowest BCUT2D eigenvalue weighted by Crippen LogP contribution is -2.48. The first-order valence-corrected chi connectivity index (χ1v) is 16.6. The van der Waals surface area contributed by atoms with Crippen LogP contribution in [0.1, 0.15) is 124 Å². The van der Waals surface area contributed by atoms with Crippen LogP contribution < -0.4 is 5.32 Å². The van der Waals surface area contributed by atoms with E-state index in [1.54, 1.807) is 26.8 Å². The van der Waals surface area contributed by atoms with Crippen molar-refractivity contribution in [2.75, 3.05) is 6.61 Å². The Hall–Kier alpha value is -2.38. The van der Waals surface area contributed by atoms with Crippen molar-refractivity contribution in [3.63, 3.8) is 0 Å². The standard InChI is InChI=1S/C36H61NO6/c1-8-10-11-12-13-14-15-16-17-18-22-25-32(29(4)33(38)28(3)9-2)42-34(39)31(37-35(40)43-36(5,6)7)27-41-26-30-23-20-19-21-24-30/h9,19-21,23-24,28-29,31-33,38H,2,8,10-18,22,25-27H2,1,3-7H3,(H,37,40)/t28-,29-,31-,32+,33-/m0/s1. The molecular formula is C36H61NO6. The van der Waals surface area contributed by atoms with E-state index < -0.39 is 35.9 Å². The summed E-state index contributed by atoms with van der Waals surface area (Å²) < 4.78 is 17.2. The van der Waals surface area contributed by atoms with Gasteiger partial charge in [0.05, 0.1) is 19.3 Å². The topological polar surface area (TPSA) is 94.1 Å². The largest absolute Gasteiger partial charge is 0.460 e. The summed E-state index contributed by atoms with van der Waals surface area (Å²) in [7, 11) is 0. The Kier molecular flexibility index (Phi) is 19.9. The maximum Gasteiger partial charge on any atom is 0.408 e. The van der Waals surface area contributed by atoms with Crippen molar-refractivity contribution < 1.29 is 28.9 Å². The minimum atomic E-state index is -1.06. The average Bonchev–Trinajstić information content (AvgIpc) is 2.97. The number of ether oxygens (including phenoxy) is 3. The van der Waals surface area contributed by atoms with Gasteiger partial charge in [-0.1, -0.05) is 121 Å². The van der Waals surface area contributed by atoms with Crippen molar-refractivity contribution in [2.45, 2.75) is 149 Å². The van der Waals surface area contributed by atoms with Crippen molar-refractivity contribution in [1.29, 1.82) is 0 Å². The molecule has 0 saturated carbocycles. The highest BCUT2D eigenvalue weighted by Gasteiger charge is 2.33. The van der Waals surface area contributed by atoms with Crippen LogP contribution in [-0.2, 0) is 25.6 Å². The first-order valence-electron chi connectivity index (χ1n) is 16.6. The van der Waals surface area contributed by atoms with E-state index in [-0.39, 0.29) is 25.0 Å². The van der Waals surface area contributed by atoms with E-state index in [2.05, 4.69) is 18.8 Å². The van der Waals surface area contributed by atoms with Crippen LogP contribution in [0.15, 0.2) is 43.0 Å². The molecule has 0 unspecified atom stereocenters. The van der Waals surface area contributed by atoms with Crippen molar-refractivity contribution in [3.05, 3.63) is 48.6 Å². The summed E-state index contributed by atoms with van der Waals surface area (Å²) >= 11 is 0. The highest BCUT2D eigenvalue weighted by molar-refractivity contribution is 5.81. The van der Waals surface area contributed by atoms with Crippen LogP contribution >= 0.6 is 0 Å². The quantitative estimate of drug-likeness (QED) is 0.0740. The van der Waals surface area contributed by atoms with E-state index in [1.165, 1.54) is 51.4 Å². The third-order valence-corrected chi connectivity index (χ3v) is 7.77. The fourth-order valence-electron chi connectivity index (χ4n) is 5.00. The second-order valence-corrected chi connectivity index (χ2v) is 12.9. The summed E-state index contributed by atoms with van der Waals surface area (Å²) in [4.78, 5) is 26.1. The molecule has 5 atom stereocenters. The summed E-state index contributed by atoms with van der Waals surface area (Å²) in [6, 6.07) is 8.56. The van der Waals surface area contributed by atoms with E-state index >= 15 is 0 Å². The molecule has 0 bridgehead atoms. The van der Waals surface area contributed by atoms with Crippen LogP contribution in [0.5, 0.6) is 0 Å². The van der Waals surface area contributed by atoms with Gasteiger partial charge in [0.15, 0.2) is 6.04 Å². The third-order valence-electron chi connectivity index (χ3n) is 7.77. The third kappa shape index (κ3) is 18.1. The molecule has 0 heterocycles. The Labute approximate surface area is 262 Å². The SMILES string of the molecule is C=C[C@H](C)[C@H](O)[C@@H](C)[C@@H](CCCCCCCCCCCCC)OC(=O)[C@H](COCc1ccccc1)NC(=O)OC(C)(C)C. The highest BCUT2D eigenvalue weighted by Crippen LogP contribution is 2.25. The van der Waals surface area contributed by atoms with Gasteiger partial charge in [-0.3, -0.25) is 0 Å². The van der Waals surface area contributed by atoms with Crippen molar-refractivity contribution in [1.82, 2.24) is 5.32 Å². The summed E-state index contributed by atoms with van der Waals surface area (Å²) in [6.45, 7) is 15.4. The number of aliphatic hydroxyl groups excluding tert-OH is 1. The number of aliphatic hydroxyl groups is 1. The van der Waals surface area contributed by atoms with Crippen LogP contribution in [-0.4, -0.2) is 47.6 Å². The van der Waals surface area contributed by atoms with Gasteiger partial charge >= 0.3 is 12.1 Å². The smallest absolute Gasteiger partial charge is 0.408 e. The van der Waals surface area contributed by atoms with Crippen LogP contribution in [0.2, 0.25) is 0 Å². The first kappa shape index (κ1) is 38.6. The molecule has 0 aromatic heterocycles. The van der Waals surface area contributed by atoms with Crippen LogP contribution in [0.3, 0.4) is 0 Å². The highest BCUT2D eigenvalue weighted by atomic mass is 16.6. The van der Waals surface area contributed by atoms with Gasteiger partial charge in [-0.25, -0.2) is 9.59 Å². The van der Waals surface area contributed by atoms with Gasteiger partial charge in [0, 0.05) is 11.8 Å². The molecular weight excluding hydrogens is 542 g/mol. The molecule has 0 fully saturated rings. The molecule has 0 aliphatic carbocycles. The van der Waals surface area contributed by atoms with Gasteiger partial charge in [0.2, 0.25) is 0 Å². The number of amides is 1. The Balaban J connectivity index is 2.80. The van der Waals surface area contributed by atoms with Crippen molar-refractivity contribution in [2.24, 2.45) is 11.8 Å². The van der Waals surface area contributed by atoms with E-state index in [4.69, 9.17) is 14.2 Å². The molecule has 1 aromatic rings. The summed E-state index contributed by atoms with van der Waals surface area (Å²) in [5, 5.41) is 13.6. The Morgan fingerprint density at radius 1 is 0.930 bits per heavy atom. The zero-order valence-corrected chi connectivity index (χ0v) is 27.9. The molecule has 7 nitrogen and oxygen atoms in total. The Morgan fingerprint density at radius 2 is 1.49 bits per heavy atom. The number of nitrogens with one attached hydrogen (secondary N) is 1. The van der Waals surface area contributed by atoms with Crippen LogP contribution in [0.25, 0.3) is 0 Å². The maximum absolute atomic E-state index is 13.5. The van der Waals surface area contributed by atoms with Gasteiger partial charge in [-0.05, 0) is 39.2 Å². The van der Waals surface area contributed by atoms with Crippen molar-refractivity contribution >= 4 is 12.1 Å². The lowest BCUT2D eigenvalue weighted by molar-refractivity contribution is -0.159. The number of alkyl carbamates (subject to hydrolysis) is 1. The minimum Gasteiger partial charge on any atom is -0.460 e. The molecule has 0 aliphatic heterocycles. The van der Waals surface area contributed by atoms with Gasteiger partial charge in [-0.2, -0.15) is 0 Å². The number of rotatable bonds is 23. The van der Waals surface area contributed by atoms with Gasteiger partial charge in [0.25, 0.3) is 0 Å². The number of carbonyl (C=O) groups is 2. The lowest BCUT2D eigenvalue weighted by Gasteiger charge is -2.31. The zero-order chi connectivity index (χ0) is 32.1. The van der Waals surface area contributed by atoms with E-state index in [9.17, 15) is 14.7 Å². The monoisotopic (exact) mass is 603 g/mol. The fraction of sp³-hybridized carbons (Fsp3) is 0.722. The van der Waals surface area contributed by atoms with Crippen molar-refractivity contribution in [3.8, 4) is 0 Å². The summed E-state index contributed by atoms with van der Waals surface area (Å²) in [6.07, 6.45) is 13.9. The summed E-state index contributed by atoms with van der Waals surface area (Å²) in [5.41, 5.74) is 0.233. The molecule has 2 N–H and O–H groups in total. The molecule has 1 amide bonds. The number of hydrogen-bond donors (Lipinski definition) is 2. The second-order valence-electron chi connectivity index (χ2n) is 12.9. The maximum atomic E-state index is 13.5. The first-order chi connectivity index (χ1) is 20.5. The lowest BCUT2D eigenvalue weighted by atomic mass is 9.87. The Morgan fingerprint density at radius 3 is 2.02 bits per heavy atom. The molecule has 0 saturated heterocycles. The Bertz CT molecular complexity index is 883. The van der Waals surface area contributed by atoms with E-state index in [1.807, 2.05) is 44.2 Å². The number of carbonyl (C=O) groups excluding carboxylic acids is 2. The average molecular weight is 604 g/mol. The minimum absolute atomic E-state index is 0.0713. The molecule has 43 heavy (non-hydrogen) atoms. The van der Waals surface area contributed by atoms with Crippen LogP contribution in [0.4, 0.5) is 4.79 Å². The van der Waals surface area contributed by atoms with E-state index in [0.717, 1.165) is 24.8 Å². The molecule has 246 valence electrons. The molecule has 0 spiro atoms. The van der Waals surface area contributed by atoms with Crippen LogP contribution in [0, 0.1) is 11.8 Å². The zero-order valence-electron chi connectivity index (χ0n) is 27.9. The molecule has 0 radical (unpaired) electrons. The molecule has 1 aromatic carbocycles. The molecule has 0 aliphatic rings. The molecule has 1 rings (SSSR count). The number of hydrogen-bond acceptors (Lipinski definition) is 6. The molecule has 7 heteroatoms. The van der Waals surface area contributed by atoms with Gasteiger partial charge < -0.3 is 24.6 Å². The second kappa shape index (κ2) is 22.2.